The molecule has 0 amide bonds. The number of benzene rings is 2. The average Bonchev–Trinajstić information content (AvgIpc) is 2.64. The molecule has 0 saturated heterocycles. The van der Waals surface area contributed by atoms with Crippen molar-refractivity contribution in [3.8, 4) is 11.3 Å². The van der Waals surface area contributed by atoms with E-state index in [4.69, 9.17) is 11.6 Å². The summed E-state index contributed by atoms with van der Waals surface area (Å²) >= 11 is 5.74. The number of hydrazone groups is 1. The molecule has 10 heteroatoms. The van der Waals surface area contributed by atoms with Crippen LogP contribution in [0.25, 0.3) is 11.3 Å². The monoisotopic (exact) mass is 370 g/mol. The van der Waals surface area contributed by atoms with Crippen molar-refractivity contribution in [2.75, 3.05) is 5.43 Å². The second-order valence-corrected chi connectivity index (χ2v) is 5.46. The number of anilines is 1. The maximum absolute atomic E-state index is 12.1. The third-order valence-electron chi connectivity index (χ3n) is 3.30. The predicted octanol–water partition coefficient (Wildman–Crippen LogP) is 2.84. The summed E-state index contributed by atoms with van der Waals surface area (Å²) in [5.41, 5.74) is 3.14. The minimum absolute atomic E-state index is 0.0341. The molecule has 0 unspecified atom stereocenters. The first-order valence-corrected chi connectivity index (χ1v) is 7.68. The Morgan fingerprint density at radius 1 is 1.19 bits per heavy atom. The van der Waals surface area contributed by atoms with Crippen molar-refractivity contribution in [2.24, 2.45) is 5.10 Å². The highest BCUT2D eigenvalue weighted by Gasteiger charge is 2.12. The average molecular weight is 371 g/mol. The van der Waals surface area contributed by atoms with Crippen molar-refractivity contribution in [1.29, 1.82) is 0 Å². The van der Waals surface area contributed by atoms with Gasteiger partial charge in [-0.3, -0.25) is 19.9 Å². The molecule has 9 nitrogen and oxygen atoms in total. The number of aromatic nitrogens is 3. The van der Waals surface area contributed by atoms with Crippen LogP contribution in [-0.4, -0.2) is 26.3 Å². The molecule has 0 spiro atoms. The maximum Gasteiger partial charge on any atom is 0.288 e. The number of nitro benzene ring substituents is 1. The number of aromatic amines is 1. The van der Waals surface area contributed by atoms with Gasteiger partial charge in [0.05, 0.1) is 11.1 Å². The third kappa shape index (κ3) is 3.90. The van der Waals surface area contributed by atoms with E-state index in [2.05, 4.69) is 25.7 Å². The number of hydrogen-bond acceptors (Lipinski definition) is 7. The summed E-state index contributed by atoms with van der Waals surface area (Å²) < 4.78 is 0. The lowest BCUT2D eigenvalue weighted by molar-refractivity contribution is -0.384. The topological polar surface area (TPSA) is 126 Å². The summed E-state index contributed by atoms with van der Waals surface area (Å²) in [4.78, 5) is 24.9. The van der Waals surface area contributed by atoms with Crippen molar-refractivity contribution < 1.29 is 4.92 Å². The quantitative estimate of drug-likeness (QED) is 0.404. The highest BCUT2D eigenvalue weighted by molar-refractivity contribution is 6.32. The fraction of sp³-hybridized carbons (Fsp3) is 0. The predicted molar refractivity (Wildman–Crippen MR) is 97.4 cm³/mol. The summed E-state index contributed by atoms with van der Waals surface area (Å²) in [5.74, 6) is 0.0365. The van der Waals surface area contributed by atoms with Crippen molar-refractivity contribution in [1.82, 2.24) is 15.2 Å². The minimum Gasteiger partial charge on any atom is -0.288 e. The number of nitrogens with one attached hydrogen (secondary N) is 2. The van der Waals surface area contributed by atoms with Gasteiger partial charge < -0.3 is 0 Å². The van der Waals surface area contributed by atoms with Gasteiger partial charge in [0.2, 0.25) is 5.95 Å². The Morgan fingerprint density at radius 2 is 1.96 bits per heavy atom. The van der Waals surface area contributed by atoms with Crippen LogP contribution in [0.3, 0.4) is 0 Å². The van der Waals surface area contributed by atoms with Crippen LogP contribution in [0, 0.1) is 10.1 Å². The van der Waals surface area contributed by atoms with E-state index < -0.39 is 10.5 Å². The first-order valence-electron chi connectivity index (χ1n) is 7.30. The molecule has 1 aromatic heterocycles. The lowest BCUT2D eigenvalue weighted by atomic mass is 10.2. The number of rotatable bonds is 5. The zero-order valence-electron chi connectivity index (χ0n) is 13.1. The minimum atomic E-state index is -0.585. The summed E-state index contributed by atoms with van der Waals surface area (Å²) in [7, 11) is 0. The van der Waals surface area contributed by atoms with Gasteiger partial charge in [-0.1, -0.05) is 48.0 Å². The summed E-state index contributed by atoms with van der Waals surface area (Å²) in [6.45, 7) is 0. The summed E-state index contributed by atoms with van der Waals surface area (Å²) in [6, 6.07) is 13.1. The number of nitro groups is 1. The van der Waals surface area contributed by atoms with Crippen molar-refractivity contribution in [3.05, 3.63) is 79.6 Å². The SMILES string of the molecule is O=c1[nH]c(NN=Cc2ccc(Cl)c([N+](=O)[O-])c2)nnc1-c1ccccc1. The van der Waals surface area contributed by atoms with E-state index in [9.17, 15) is 14.9 Å². The zero-order chi connectivity index (χ0) is 18.5. The maximum atomic E-state index is 12.1. The van der Waals surface area contributed by atoms with E-state index in [1.54, 1.807) is 30.3 Å². The fourth-order valence-electron chi connectivity index (χ4n) is 2.09. The Bertz CT molecular complexity index is 1040. The molecular formula is C16H11ClN6O3. The van der Waals surface area contributed by atoms with Gasteiger partial charge in [-0.2, -0.15) is 5.10 Å². The van der Waals surface area contributed by atoms with Gasteiger partial charge in [0.15, 0.2) is 5.69 Å². The van der Waals surface area contributed by atoms with Gasteiger partial charge in [0.1, 0.15) is 5.02 Å². The van der Waals surface area contributed by atoms with E-state index >= 15 is 0 Å². The van der Waals surface area contributed by atoms with E-state index in [1.165, 1.54) is 18.3 Å². The van der Waals surface area contributed by atoms with E-state index in [0.717, 1.165) is 0 Å². The van der Waals surface area contributed by atoms with Crippen molar-refractivity contribution >= 4 is 29.5 Å². The molecule has 0 atom stereocenters. The van der Waals surface area contributed by atoms with Gasteiger partial charge in [-0.05, 0) is 6.07 Å². The Labute approximate surface area is 151 Å². The molecule has 0 saturated carbocycles. The number of nitrogens with zero attached hydrogens (tertiary/aromatic N) is 4. The smallest absolute Gasteiger partial charge is 0.288 e. The van der Waals surface area contributed by atoms with E-state index in [-0.39, 0.29) is 22.4 Å². The second kappa shape index (κ2) is 7.53. The van der Waals surface area contributed by atoms with Crippen LogP contribution in [-0.2, 0) is 0 Å². The fourth-order valence-corrected chi connectivity index (χ4v) is 2.28. The standard InChI is InChI=1S/C16H11ClN6O3/c17-12-7-6-10(8-13(12)23(25)26)9-18-21-16-19-15(24)14(20-22-16)11-4-2-1-3-5-11/h1-9H,(H2,19,21,22,24). The Kier molecular flexibility index (Phi) is 4.99. The lowest BCUT2D eigenvalue weighted by Crippen LogP contribution is -2.15. The molecule has 3 rings (SSSR count). The molecule has 0 aliphatic rings. The highest BCUT2D eigenvalue weighted by Crippen LogP contribution is 2.24. The van der Waals surface area contributed by atoms with E-state index in [1.807, 2.05) is 6.07 Å². The molecule has 3 aromatic rings. The van der Waals surface area contributed by atoms with Crippen LogP contribution in [0.1, 0.15) is 5.56 Å². The van der Waals surface area contributed by atoms with Crippen LogP contribution in [0.5, 0.6) is 0 Å². The Balaban J connectivity index is 1.75. The number of H-pyrrole nitrogens is 1. The molecule has 0 aliphatic carbocycles. The summed E-state index contributed by atoms with van der Waals surface area (Å²) in [5, 5.41) is 22.5. The molecule has 0 fully saturated rings. The highest BCUT2D eigenvalue weighted by atomic mass is 35.5. The first-order chi connectivity index (χ1) is 12.5. The molecule has 26 heavy (non-hydrogen) atoms. The van der Waals surface area contributed by atoms with Gasteiger partial charge in [0.25, 0.3) is 11.2 Å². The largest absolute Gasteiger partial charge is 0.288 e. The van der Waals surface area contributed by atoms with Crippen LogP contribution >= 0.6 is 11.6 Å². The third-order valence-corrected chi connectivity index (χ3v) is 3.61. The van der Waals surface area contributed by atoms with Gasteiger partial charge in [-0.15, -0.1) is 10.2 Å². The molecule has 2 N–H and O–H groups in total. The molecule has 130 valence electrons. The lowest BCUT2D eigenvalue weighted by Gasteiger charge is -2.01. The molecular weight excluding hydrogens is 360 g/mol. The van der Waals surface area contributed by atoms with Gasteiger partial charge >= 0.3 is 0 Å². The second-order valence-electron chi connectivity index (χ2n) is 5.06. The Hall–Kier alpha value is -3.59. The normalized spacial score (nSPS) is 10.8. The van der Waals surface area contributed by atoms with Gasteiger partial charge in [-0.25, -0.2) is 5.43 Å². The van der Waals surface area contributed by atoms with Crippen LogP contribution in [0.2, 0.25) is 5.02 Å². The number of hydrogen-bond donors (Lipinski definition) is 2. The van der Waals surface area contributed by atoms with Crippen LogP contribution < -0.4 is 11.0 Å². The van der Waals surface area contributed by atoms with Gasteiger partial charge in [0, 0.05) is 17.2 Å². The molecule has 1 heterocycles. The van der Waals surface area contributed by atoms with Crippen molar-refractivity contribution in [3.63, 3.8) is 0 Å². The molecule has 2 aromatic carbocycles. The van der Waals surface area contributed by atoms with Crippen molar-refractivity contribution in [2.45, 2.75) is 0 Å². The van der Waals surface area contributed by atoms with E-state index in [0.29, 0.717) is 11.1 Å². The van der Waals surface area contributed by atoms with Crippen LogP contribution in [0.4, 0.5) is 11.6 Å². The first kappa shape index (κ1) is 17.2. The molecule has 0 aliphatic heterocycles. The Morgan fingerprint density at radius 3 is 2.65 bits per heavy atom. The summed E-state index contributed by atoms with van der Waals surface area (Å²) in [6.07, 6.45) is 1.33. The number of halogens is 1. The van der Waals surface area contributed by atoms with Crippen LogP contribution in [0.15, 0.2) is 58.4 Å². The molecule has 0 radical (unpaired) electrons. The molecule has 0 bridgehead atoms. The zero-order valence-corrected chi connectivity index (χ0v) is 13.8.